The molecule has 1 N–H and O–H groups in total. The first kappa shape index (κ1) is 12.9. The predicted octanol–water partition coefficient (Wildman–Crippen LogP) is 1.86. The normalized spacial score (nSPS) is 15.0. The monoisotopic (exact) mass is 272 g/mol. The minimum atomic E-state index is -0.912. The Hall–Kier alpha value is -2.14. The van der Waals surface area contributed by atoms with Crippen LogP contribution in [-0.2, 0) is 30.7 Å². The van der Waals surface area contributed by atoms with Gasteiger partial charge in [-0.2, -0.15) is 0 Å². The van der Waals surface area contributed by atoms with E-state index in [-0.39, 0.29) is 6.42 Å². The molecule has 0 aliphatic carbocycles. The lowest BCUT2D eigenvalue weighted by atomic mass is 10.1. The highest BCUT2D eigenvalue weighted by Gasteiger charge is 2.22. The number of carboxylic acids is 1. The summed E-state index contributed by atoms with van der Waals surface area (Å²) in [6, 6.07) is 10.3. The molecule has 0 bridgehead atoms. The van der Waals surface area contributed by atoms with Gasteiger partial charge >= 0.3 is 5.97 Å². The van der Waals surface area contributed by atoms with Crippen molar-refractivity contribution in [2.75, 3.05) is 6.54 Å². The van der Waals surface area contributed by atoms with E-state index >= 15 is 0 Å². The van der Waals surface area contributed by atoms with Gasteiger partial charge in [-0.05, 0) is 5.56 Å². The second kappa shape index (κ2) is 5.46. The maximum Gasteiger partial charge on any atom is 0.312 e. The molecule has 1 aromatic carbocycles. The summed E-state index contributed by atoms with van der Waals surface area (Å²) in [6.07, 6.45) is 0.639. The molecule has 1 aliphatic rings. The van der Waals surface area contributed by atoms with Gasteiger partial charge in [0.1, 0.15) is 12.2 Å². The summed E-state index contributed by atoms with van der Waals surface area (Å²) < 4.78 is 5.50. The lowest BCUT2D eigenvalue weighted by Crippen LogP contribution is -2.29. The lowest BCUT2D eigenvalue weighted by molar-refractivity contribution is -0.136. The van der Waals surface area contributed by atoms with E-state index in [0.717, 1.165) is 31.0 Å². The van der Waals surface area contributed by atoms with Gasteiger partial charge in [-0.3, -0.25) is 9.69 Å². The van der Waals surface area contributed by atoms with Crippen molar-refractivity contribution in [1.82, 2.24) is 9.88 Å². The van der Waals surface area contributed by atoms with Crippen LogP contribution in [0.4, 0.5) is 0 Å². The van der Waals surface area contributed by atoms with Gasteiger partial charge in [-0.1, -0.05) is 30.3 Å². The molecular weight excluding hydrogens is 256 g/mol. The SMILES string of the molecule is O=C(O)Cc1nc2c(o1)CCN(Cc1ccccc1)C2. The molecule has 5 nitrogen and oxygen atoms in total. The maximum atomic E-state index is 10.7. The number of carbonyl (C=O) groups is 1. The van der Waals surface area contributed by atoms with Crippen molar-refractivity contribution >= 4 is 5.97 Å². The summed E-state index contributed by atoms with van der Waals surface area (Å²) in [7, 11) is 0. The van der Waals surface area contributed by atoms with Crippen LogP contribution in [0.5, 0.6) is 0 Å². The zero-order valence-corrected chi connectivity index (χ0v) is 11.1. The summed E-state index contributed by atoms with van der Waals surface area (Å²) >= 11 is 0. The molecule has 20 heavy (non-hydrogen) atoms. The maximum absolute atomic E-state index is 10.7. The highest BCUT2D eigenvalue weighted by molar-refractivity contribution is 5.68. The smallest absolute Gasteiger partial charge is 0.312 e. The van der Waals surface area contributed by atoms with Crippen molar-refractivity contribution in [2.45, 2.75) is 25.9 Å². The molecule has 2 heterocycles. The molecular formula is C15H16N2O3. The summed E-state index contributed by atoms with van der Waals surface area (Å²) in [6.45, 7) is 2.50. The van der Waals surface area contributed by atoms with Crippen LogP contribution in [0.25, 0.3) is 0 Å². The van der Waals surface area contributed by atoms with E-state index in [4.69, 9.17) is 9.52 Å². The van der Waals surface area contributed by atoms with Crippen LogP contribution in [0.15, 0.2) is 34.7 Å². The Morgan fingerprint density at radius 1 is 1.35 bits per heavy atom. The number of hydrogen-bond acceptors (Lipinski definition) is 4. The van der Waals surface area contributed by atoms with Crippen molar-refractivity contribution in [3.8, 4) is 0 Å². The fourth-order valence-corrected chi connectivity index (χ4v) is 2.49. The first-order chi connectivity index (χ1) is 9.70. The van der Waals surface area contributed by atoms with Gasteiger partial charge in [0.25, 0.3) is 0 Å². The number of fused-ring (bicyclic) bond motifs is 1. The van der Waals surface area contributed by atoms with Gasteiger partial charge in [-0.15, -0.1) is 0 Å². The Morgan fingerprint density at radius 2 is 2.15 bits per heavy atom. The molecule has 0 unspecified atom stereocenters. The van der Waals surface area contributed by atoms with Crippen molar-refractivity contribution < 1.29 is 14.3 Å². The molecule has 0 saturated carbocycles. The molecule has 0 saturated heterocycles. The summed E-state index contributed by atoms with van der Waals surface area (Å²) in [5, 5.41) is 8.76. The average Bonchev–Trinajstić information content (AvgIpc) is 2.80. The summed E-state index contributed by atoms with van der Waals surface area (Å²) in [5.74, 6) is 0.236. The molecule has 0 radical (unpaired) electrons. The van der Waals surface area contributed by atoms with Gasteiger partial charge in [-0.25, -0.2) is 4.98 Å². The van der Waals surface area contributed by atoms with Gasteiger partial charge < -0.3 is 9.52 Å². The van der Waals surface area contributed by atoms with Crippen molar-refractivity contribution in [2.24, 2.45) is 0 Å². The van der Waals surface area contributed by atoms with Crippen LogP contribution < -0.4 is 0 Å². The van der Waals surface area contributed by atoms with Crippen LogP contribution in [0.3, 0.4) is 0 Å². The number of nitrogens with zero attached hydrogens (tertiary/aromatic N) is 2. The Morgan fingerprint density at radius 3 is 2.90 bits per heavy atom. The number of hydrogen-bond donors (Lipinski definition) is 1. The van der Waals surface area contributed by atoms with E-state index < -0.39 is 5.97 Å². The Balaban J connectivity index is 1.69. The minimum Gasteiger partial charge on any atom is -0.481 e. The largest absolute Gasteiger partial charge is 0.481 e. The fourth-order valence-electron chi connectivity index (χ4n) is 2.49. The number of rotatable bonds is 4. The van der Waals surface area contributed by atoms with Crippen LogP contribution in [-0.4, -0.2) is 27.5 Å². The zero-order valence-electron chi connectivity index (χ0n) is 11.1. The van der Waals surface area contributed by atoms with E-state index in [1.54, 1.807) is 0 Å². The van der Waals surface area contributed by atoms with Crippen LogP contribution >= 0.6 is 0 Å². The van der Waals surface area contributed by atoms with E-state index in [1.165, 1.54) is 5.56 Å². The third-order valence-electron chi connectivity index (χ3n) is 3.40. The van der Waals surface area contributed by atoms with Crippen LogP contribution in [0.2, 0.25) is 0 Å². The molecule has 3 rings (SSSR count). The molecule has 0 atom stereocenters. The van der Waals surface area contributed by atoms with Crippen molar-refractivity contribution in [1.29, 1.82) is 0 Å². The van der Waals surface area contributed by atoms with Crippen molar-refractivity contribution in [3.63, 3.8) is 0 Å². The molecule has 0 fully saturated rings. The highest BCUT2D eigenvalue weighted by atomic mass is 16.4. The Kier molecular flexibility index (Phi) is 3.52. The Labute approximate surface area is 116 Å². The van der Waals surface area contributed by atoms with E-state index in [1.807, 2.05) is 18.2 Å². The van der Waals surface area contributed by atoms with Crippen LogP contribution in [0.1, 0.15) is 22.9 Å². The first-order valence-electron chi connectivity index (χ1n) is 6.66. The van der Waals surface area contributed by atoms with Crippen molar-refractivity contribution in [3.05, 3.63) is 53.2 Å². The molecule has 5 heteroatoms. The van der Waals surface area contributed by atoms with E-state index in [0.29, 0.717) is 12.4 Å². The zero-order chi connectivity index (χ0) is 13.9. The third-order valence-corrected chi connectivity index (χ3v) is 3.40. The van der Waals surface area contributed by atoms with E-state index in [9.17, 15) is 4.79 Å². The van der Waals surface area contributed by atoms with Gasteiger partial charge in [0.2, 0.25) is 5.89 Å². The van der Waals surface area contributed by atoms with E-state index in [2.05, 4.69) is 22.0 Å². The average molecular weight is 272 g/mol. The molecule has 0 spiro atoms. The molecule has 104 valence electrons. The number of aliphatic carboxylic acids is 1. The third kappa shape index (κ3) is 2.88. The highest BCUT2D eigenvalue weighted by Crippen LogP contribution is 2.21. The second-order valence-electron chi connectivity index (χ2n) is 4.99. The minimum absolute atomic E-state index is 0.147. The molecule has 1 aromatic heterocycles. The first-order valence-corrected chi connectivity index (χ1v) is 6.66. The second-order valence-corrected chi connectivity index (χ2v) is 4.99. The molecule has 0 amide bonds. The standard InChI is InChI=1S/C15H16N2O3/c18-15(19)8-14-16-12-10-17(7-6-13(12)20-14)9-11-4-2-1-3-5-11/h1-5H,6-10H2,(H,18,19). The molecule has 2 aromatic rings. The van der Waals surface area contributed by atoms with Crippen LogP contribution in [0, 0.1) is 0 Å². The number of carboxylic acid groups (broad SMARTS) is 1. The Bertz CT molecular complexity index is 607. The van der Waals surface area contributed by atoms with Gasteiger partial charge in [0.15, 0.2) is 0 Å². The molecule has 1 aliphatic heterocycles. The topological polar surface area (TPSA) is 66.6 Å². The number of oxazole rings is 1. The predicted molar refractivity (Wildman–Crippen MR) is 72.1 cm³/mol. The van der Waals surface area contributed by atoms with Gasteiger partial charge in [0.05, 0.1) is 5.69 Å². The lowest BCUT2D eigenvalue weighted by Gasteiger charge is -2.25. The fraction of sp³-hybridized carbons (Fsp3) is 0.333. The number of aromatic nitrogens is 1. The number of benzene rings is 1. The van der Waals surface area contributed by atoms with Gasteiger partial charge in [0, 0.05) is 26.1 Å². The summed E-state index contributed by atoms with van der Waals surface area (Å²) in [4.78, 5) is 17.3. The quantitative estimate of drug-likeness (QED) is 0.920. The summed E-state index contributed by atoms with van der Waals surface area (Å²) in [5.41, 5.74) is 2.15.